The van der Waals surface area contributed by atoms with E-state index in [1.54, 1.807) is 0 Å². The summed E-state index contributed by atoms with van der Waals surface area (Å²) in [4.78, 5) is 6.83. The van der Waals surface area contributed by atoms with E-state index in [-0.39, 0.29) is 0 Å². The lowest BCUT2D eigenvalue weighted by atomic mass is 10.1. The van der Waals surface area contributed by atoms with Gasteiger partial charge in [0, 0.05) is 30.3 Å². The molecule has 20 heavy (non-hydrogen) atoms. The molecule has 1 aromatic heterocycles. The summed E-state index contributed by atoms with van der Waals surface area (Å²) >= 11 is 3.50. The number of nitrogens with zero attached hydrogens (tertiary/aromatic N) is 2. The summed E-state index contributed by atoms with van der Waals surface area (Å²) in [7, 11) is 2.06. The number of benzene rings is 1. The molecule has 1 heterocycles. The molecule has 0 saturated heterocycles. The van der Waals surface area contributed by atoms with Gasteiger partial charge in [0.25, 0.3) is 0 Å². The van der Waals surface area contributed by atoms with Gasteiger partial charge in [0.15, 0.2) is 0 Å². The van der Waals surface area contributed by atoms with Crippen LogP contribution < -0.4 is 10.6 Å². The van der Waals surface area contributed by atoms with E-state index in [2.05, 4.69) is 70.1 Å². The van der Waals surface area contributed by atoms with E-state index in [1.807, 2.05) is 6.07 Å². The van der Waals surface area contributed by atoms with E-state index in [0.717, 1.165) is 34.5 Å². The van der Waals surface area contributed by atoms with E-state index >= 15 is 0 Å². The van der Waals surface area contributed by atoms with Gasteiger partial charge in [-0.25, -0.2) is 4.98 Å². The predicted octanol–water partition coefficient (Wildman–Crippen LogP) is 3.50. The smallest absolute Gasteiger partial charge is 0.129 e. The minimum atomic E-state index is 0.549. The third kappa shape index (κ3) is 3.81. The molecule has 0 aliphatic rings. The summed E-state index contributed by atoms with van der Waals surface area (Å²) in [5, 5.41) is 0. The Morgan fingerprint density at radius 3 is 2.65 bits per heavy atom. The maximum Gasteiger partial charge on any atom is 0.129 e. The standard InChI is InChI=1S/C16H20BrN3/c1-3-15-8-13(10-18)9-16(19-15)20(2)11-12-5-4-6-14(17)7-12/h4-9H,3,10-11,18H2,1-2H3. The zero-order chi connectivity index (χ0) is 14.5. The monoisotopic (exact) mass is 333 g/mol. The molecule has 0 bridgehead atoms. The summed E-state index contributed by atoms with van der Waals surface area (Å²) < 4.78 is 1.10. The van der Waals surface area contributed by atoms with E-state index in [1.165, 1.54) is 5.56 Å². The van der Waals surface area contributed by atoms with Gasteiger partial charge in [0.2, 0.25) is 0 Å². The van der Waals surface area contributed by atoms with Crippen LogP contribution >= 0.6 is 15.9 Å². The highest BCUT2D eigenvalue weighted by molar-refractivity contribution is 9.10. The van der Waals surface area contributed by atoms with Crippen LogP contribution in [0.15, 0.2) is 40.9 Å². The third-order valence-electron chi connectivity index (χ3n) is 3.22. The van der Waals surface area contributed by atoms with Gasteiger partial charge in [-0.15, -0.1) is 0 Å². The van der Waals surface area contributed by atoms with Crippen LogP contribution in [0.1, 0.15) is 23.7 Å². The number of pyridine rings is 1. The summed E-state index contributed by atoms with van der Waals surface area (Å²) in [6.07, 6.45) is 0.922. The normalized spacial score (nSPS) is 10.6. The van der Waals surface area contributed by atoms with Crippen molar-refractivity contribution < 1.29 is 0 Å². The van der Waals surface area contributed by atoms with Crippen LogP contribution in [0.5, 0.6) is 0 Å². The molecule has 106 valence electrons. The molecule has 2 rings (SSSR count). The van der Waals surface area contributed by atoms with Crippen molar-refractivity contribution in [3.63, 3.8) is 0 Å². The summed E-state index contributed by atoms with van der Waals surface area (Å²) in [6, 6.07) is 12.5. The average molecular weight is 334 g/mol. The summed E-state index contributed by atoms with van der Waals surface area (Å²) in [5.74, 6) is 0.977. The minimum Gasteiger partial charge on any atom is -0.355 e. The Morgan fingerprint density at radius 1 is 1.20 bits per heavy atom. The van der Waals surface area contributed by atoms with Crippen LogP contribution in [0, 0.1) is 0 Å². The second kappa shape index (κ2) is 6.86. The zero-order valence-electron chi connectivity index (χ0n) is 11.9. The number of aromatic nitrogens is 1. The molecule has 0 aliphatic carbocycles. The molecular formula is C16H20BrN3. The lowest BCUT2D eigenvalue weighted by molar-refractivity contribution is 0.874. The van der Waals surface area contributed by atoms with Gasteiger partial charge in [0.1, 0.15) is 5.82 Å². The van der Waals surface area contributed by atoms with Crippen LogP contribution in [0.2, 0.25) is 0 Å². The van der Waals surface area contributed by atoms with Crippen molar-refractivity contribution in [3.8, 4) is 0 Å². The Morgan fingerprint density at radius 2 is 2.00 bits per heavy atom. The van der Waals surface area contributed by atoms with Crippen molar-refractivity contribution in [2.75, 3.05) is 11.9 Å². The Kier molecular flexibility index (Phi) is 5.15. The fraction of sp³-hybridized carbons (Fsp3) is 0.312. The van der Waals surface area contributed by atoms with Gasteiger partial charge in [-0.05, 0) is 41.8 Å². The first-order chi connectivity index (χ1) is 9.62. The lowest BCUT2D eigenvalue weighted by Gasteiger charge is -2.20. The van der Waals surface area contributed by atoms with Crippen molar-refractivity contribution in [2.24, 2.45) is 5.73 Å². The molecule has 4 heteroatoms. The second-order valence-electron chi connectivity index (χ2n) is 4.87. The Labute approximate surface area is 129 Å². The van der Waals surface area contributed by atoms with Crippen molar-refractivity contribution >= 4 is 21.7 Å². The molecule has 0 atom stereocenters. The molecular weight excluding hydrogens is 314 g/mol. The molecule has 0 spiro atoms. The number of hydrogen-bond donors (Lipinski definition) is 1. The number of nitrogens with two attached hydrogens (primary N) is 1. The first-order valence-electron chi connectivity index (χ1n) is 6.78. The molecule has 0 amide bonds. The lowest BCUT2D eigenvalue weighted by Crippen LogP contribution is -2.18. The summed E-state index contributed by atoms with van der Waals surface area (Å²) in [5.41, 5.74) is 9.23. The van der Waals surface area contributed by atoms with Crippen LogP contribution in [0.25, 0.3) is 0 Å². The second-order valence-corrected chi connectivity index (χ2v) is 5.78. The third-order valence-corrected chi connectivity index (χ3v) is 3.72. The molecule has 2 aromatic rings. The van der Waals surface area contributed by atoms with Crippen molar-refractivity contribution in [1.82, 2.24) is 4.98 Å². The highest BCUT2D eigenvalue weighted by Gasteiger charge is 2.07. The van der Waals surface area contributed by atoms with Crippen molar-refractivity contribution in [2.45, 2.75) is 26.4 Å². The maximum absolute atomic E-state index is 5.76. The van der Waals surface area contributed by atoms with Gasteiger partial charge in [-0.1, -0.05) is 35.0 Å². The fourth-order valence-electron chi connectivity index (χ4n) is 2.12. The number of rotatable bonds is 5. The van der Waals surface area contributed by atoms with Crippen molar-refractivity contribution in [1.29, 1.82) is 0 Å². The van der Waals surface area contributed by atoms with Gasteiger partial charge in [0.05, 0.1) is 0 Å². The molecule has 1 aromatic carbocycles. The molecule has 0 radical (unpaired) electrons. The van der Waals surface area contributed by atoms with E-state index in [9.17, 15) is 0 Å². The SMILES string of the molecule is CCc1cc(CN)cc(N(C)Cc2cccc(Br)c2)n1. The summed E-state index contributed by atoms with van der Waals surface area (Å²) in [6.45, 7) is 3.48. The molecule has 0 unspecified atom stereocenters. The van der Waals surface area contributed by atoms with Crippen LogP contribution in [0.4, 0.5) is 5.82 Å². The maximum atomic E-state index is 5.76. The zero-order valence-corrected chi connectivity index (χ0v) is 13.5. The first-order valence-corrected chi connectivity index (χ1v) is 7.57. The Hall–Kier alpha value is -1.39. The Bertz CT molecular complexity index is 561. The van der Waals surface area contributed by atoms with Gasteiger partial charge < -0.3 is 10.6 Å². The van der Waals surface area contributed by atoms with Gasteiger partial charge in [-0.3, -0.25) is 0 Å². The molecule has 0 saturated carbocycles. The number of hydrogen-bond acceptors (Lipinski definition) is 3. The van der Waals surface area contributed by atoms with Crippen LogP contribution in [0.3, 0.4) is 0 Å². The molecule has 0 aliphatic heterocycles. The van der Waals surface area contributed by atoms with E-state index < -0.39 is 0 Å². The fourth-order valence-corrected chi connectivity index (χ4v) is 2.56. The largest absolute Gasteiger partial charge is 0.355 e. The minimum absolute atomic E-state index is 0.549. The van der Waals surface area contributed by atoms with E-state index in [4.69, 9.17) is 5.73 Å². The van der Waals surface area contributed by atoms with Gasteiger partial charge in [-0.2, -0.15) is 0 Å². The number of anilines is 1. The van der Waals surface area contributed by atoms with Gasteiger partial charge >= 0.3 is 0 Å². The number of halogens is 1. The predicted molar refractivity (Wildman–Crippen MR) is 87.8 cm³/mol. The van der Waals surface area contributed by atoms with Crippen LogP contribution in [-0.4, -0.2) is 12.0 Å². The number of aryl methyl sites for hydroxylation is 1. The molecule has 3 nitrogen and oxygen atoms in total. The van der Waals surface area contributed by atoms with Crippen molar-refractivity contribution in [3.05, 3.63) is 57.7 Å². The highest BCUT2D eigenvalue weighted by Crippen LogP contribution is 2.18. The quantitative estimate of drug-likeness (QED) is 0.910. The van der Waals surface area contributed by atoms with E-state index in [0.29, 0.717) is 6.54 Å². The molecule has 2 N–H and O–H groups in total. The van der Waals surface area contributed by atoms with Crippen LogP contribution in [-0.2, 0) is 19.5 Å². The highest BCUT2D eigenvalue weighted by atomic mass is 79.9. The molecule has 0 fully saturated rings. The average Bonchev–Trinajstić information content (AvgIpc) is 2.46. The topological polar surface area (TPSA) is 42.1 Å². The Balaban J connectivity index is 2.22. The first kappa shape index (κ1) is 15.0.